The zero-order valence-corrected chi connectivity index (χ0v) is 15.7. The summed E-state index contributed by atoms with van der Waals surface area (Å²) in [5.74, 6) is 5.24. The monoisotopic (exact) mass is 378 g/mol. The van der Waals surface area contributed by atoms with Gasteiger partial charge in [0.15, 0.2) is 11.6 Å². The molecule has 1 fully saturated rings. The molecule has 3 aromatic rings. The summed E-state index contributed by atoms with van der Waals surface area (Å²) in [5, 5.41) is 1.30. The molecular formula is C25H21F3. The van der Waals surface area contributed by atoms with E-state index in [4.69, 9.17) is 0 Å². The van der Waals surface area contributed by atoms with Gasteiger partial charge in [-0.15, -0.1) is 0 Å². The Morgan fingerprint density at radius 3 is 2.18 bits per heavy atom. The molecule has 0 unspecified atom stereocenters. The highest BCUT2D eigenvalue weighted by Crippen LogP contribution is 2.36. The second-order valence-electron chi connectivity index (χ2n) is 7.67. The van der Waals surface area contributed by atoms with Crippen LogP contribution in [0, 0.1) is 42.1 Å². The highest BCUT2D eigenvalue weighted by Gasteiger charge is 2.23. The molecule has 0 N–H and O–H groups in total. The van der Waals surface area contributed by atoms with Crippen LogP contribution in [-0.4, -0.2) is 0 Å². The summed E-state index contributed by atoms with van der Waals surface area (Å²) in [6.45, 7) is 1.90. The van der Waals surface area contributed by atoms with Gasteiger partial charge >= 0.3 is 0 Å². The molecule has 0 aromatic heterocycles. The van der Waals surface area contributed by atoms with Gasteiger partial charge in [0.05, 0.1) is 0 Å². The summed E-state index contributed by atoms with van der Waals surface area (Å²) in [4.78, 5) is 0. The molecule has 1 saturated carbocycles. The second-order valence-corrected chi connectivity index (χ2v) is 7.67. The lowest BCUT2D eigenvalue weighted by molar-refractivity contribution is 0.376. The molecule has 3 heteroatoms. The van der Waals surface area contributed by atoms with Crippen LogP contribution in [0.25, 0.3) is 10.8 Å². The topological polar surface area (TPSA) is 0 Å². The first-order valence-electron chi connectivity index (χ1n) is 9.66. The first-order valence-corrected chi connectivity index (χ1v) is 9.66. The minimum Gasteiger partial charge on any atom is -0.207 e. The summed E-state index contributed by atoms with van der Waals surface area (Å²) in [6.07, 6.45) is 3.75. The number of benzene rings is 3. The largest absolute Gasteiger partial charge is 0.207 e. The van der Waals surface area contributed by atoms with E-state index in [1.54, 1.807) is 18.2 Å². The third-order valence-electron chi connectivity index (χ3n) is 5.62. The van der Waals surface area contributed by atoms with Gasteiger partial charge in [-0.3, -0.25) is 0 Å². The zero-order valence-electron chi connectivity index (χ0n) is 15.7. The van der Waals surface area contributed by atoms with E-state index < -0.39 is 11.6 Å². The Balaban J connectivity index is 1.45. The molecule has 0 atom stereocenters. The van der Waals surface area contributed by atoms with E-state index in [0.29, 0.717) is 10.8 Å². The highest BCUT2D eigenvalue weighted by atomic mass is 19.2. The minimum absolute atomic E-state index is 0.102. The van der Waals surface area contributed by atoms with Crippen molar-refractivity contribution in [3.05, 3.63) is 82.7 Å². The Bertz CT molecular complexity index is 1080. The van der Waals surface area contributed by atoms with E-state index in [-0.39, 0.29) is 17.7 Å². The van der Waals surface area contributed by atoms with Crippen molar-refractivity contribution < 1.29 is 13.2 Å². The lowest BCUT2D eigenvalue weighted by Crippen LogP contribution is -2.13. The zero-order chi connectivity index (χ0) is 19.7. The van der Waals surface area contributed by atoms with Gasteiger partial charge in [0, 0.05) is 11.5 Å². The SMILES string of the molecule is Cc1ccc(C2CCC(C#Cc3ccc4cc(F)c(F)cc4c3)CC2)c(F)c1. The predicted molar refractivity (Wildman–Crippen MR) is 107 cm³/mol. The molecular weight excluding hydrogens is 357 g/mol. The number of hydrogen-bond acceptors (Lipinski definition) is 0. The molecule has 1 aliphatic rings. The first kappa shape index (κ1) is 18.6. The summed E-state index contributed by atoms with van der Waals surface area (Å²) >= 11 is 0. The third kappa shape index (κ3) is 3.92. The summed E-state index contributed by atoms with van der Waals surface area (Å²) in [7, 11) is 0. The fraction of sp³-hybridized carbons (Fsp3) is 0.280. The lowest BCUT2D eigenvalue weighted by Gasteiger charge is -2.26. The van der Waals surface area contributed by atoms with E-state index in [2.05, 4.69) is 11.8 Å². The Morgan fingerprint density at radius 2 is 1.46 bits per heavy atom. The van der Waals surface area contributed by atoms with Gasteiger partial charge in [-0.1, -0.05) is 30.0 Å². The Kier molecular flexibility index (Phi) is 5.13. The van der Waals surface area contributed by atoms with E-state index in [1.165, 1.54) is 12.1 Å². The molecule has 0 amide bonds. The Labute approximate surface area is 163 Å². The van der Waals surface area contributed by atoms with Gasteiger partial charge in [0.2, 0.25) is 0 Å². The molecule has 0 nitrogen and oxygen atoms in total. The fourth-order valence-electron chi connectivity index (χ4n) is 4.02. The number of rotatable bonds is 1. The third-order valence-corrected chi connectivity index (χ3v) is 5.62. The van der Waals surface area contributed by atoms with Gasteiger partial charge in [0.1, 0.15) is 5.82 Å². The van der Waals surface area contributed by atoms with Crippen LogP contribution in [0.1, 0.15) is 48.3 Å². The van der Waals surface area contributed by atoms with Crippen LogP contribution in [0.5, 0.6) is 0 Å². The molecule has 142 valence electrons. The van der Waals surface area contributed by atoms with E-state index >= 15 is 0 Å². The quantitative estimate of drug-likeness (QED) is 0.404. The lowest BCUT2D eigenvalue weighted by atomic mass is 9.78. The van der Waals surface area contributed by atoms with Crippen LogP contribution in [0.15, 0.2) is 48.5 Å². The summed E-state index contributed by atoms with van der Waals surface area (Å²) in [6, 6.07) is 13.3. The van der Waals surface area contributed by atoms with Crippen molar-refractivity contribution >= 4 is 10.8 Å². The van der Waals surface area contributed by atoms with Crippen LogP contribution in [0.2, 0.25) is 0 Å². The number of halogens is 3. The van der Waals surface area contributed by atoms with Crippen LogP contribution in [0.4, 0.5) is 13.2 Å². The Morgan fingerprint density at radius 1 is 0.750 bits per heavy atom. The first-order chi connectivity index (χ1) is 13.5. The molecule has 4 rings (SSSR count). The maximum absolute atomic E-state index is 14.2. The van der Waals surface area contributed by atoms with E-state index in [0.717, 1.165) is 42.4 Å². The molecule has 0 spiro atoms. The van der Waals surface area contributed by atoms with E-state index in [1.807, 2.05) is 25.1 Å². The smallest absolute Gasteiger partial charge is 0.159 e. The van der Waals surface area contributed by atoms with Crippen molar-refractivity contribution in [2.24, 2.45) is 5.92 Å². The fourth-order valence-corrected chi connectivity index (χ4v) is 4.02. The number of fused-ring (bicyclic) bond motifs is 1. The number of hydrogen-bond donors (Lipinski definition) is 0. The second kappa shape index (κ2) is 7.72. The molecule has 0 radical (unpaired) electrons. The minimum atomic E-state index is -0.848. The predicted octanol–water partition coefficient (Wildman–Crippen LogP) is 6.89. The molecule has 28 heavy (non-hydrogen) atoms. The van der Waals surface area contributed by atoms with Crippen LogP contribution in [-0.2, 0) is 0 Å². The molecule has 1 aliphatic carbocycles. The van der Waals surface area contributed by atoms with Crippen molar-refractivity contribution in [2.75, 3.05) is 0 Å². The maximum atomic E-state index is 14.2. The van der Waals surface area contributed by atoms with Crippen LogP contribution in [0.3, 0.4) is 0 Å². The van der Waals surface area contributed by atoms with Gasteiger partial charge in [-0.25, -0.2) is 13.2 Å². The average Bonchev–Trinajstić information content (AvgIpc) is 2.68. The van der Waals surface area contributed by atoms with Crippen LogP contribution < -0.4 is 0 Å². The van der Waals surface area contributed by atoms with E-state index in [9.17, 15) is 13.2 Å². The summed E-state index contributed by atoms with van der Waals surface area (Å²) < 4.78 is 41.0. The number of aryl methyl sites for hydroxylation is 1. The van der Waals surface area contributed by atoms with Gasteiger partial charge in [0.25, 0.3) is 0 Å². The highest BCUT2D eigenvalue weighted by molar-refractivity contribution is 5.84. The maximum Gasteiger partial charge on any atom is 0.159 e. The van der Waals surface area contributed by atoms with Gasteiger partial charge < -0.3 is 0 Å². The standard InChI is InChI=1S/C25H21F3/c1-16-2-11-22(23(26)12-16)19-8-5-17(6-9-19)3-4-18-7-10-20-14-24(27)25(28)15-21(20)13-18/h2,7,10-15,17,19H,5-6,8-9H2,1H3. The van der Waals surface area contributed by atoms with Crippen molar-refractivity contribution in [3.63, 3.8) is 0 Å². The summed E-state index contributed by atoms with van der Waals surface area (Å²) in [5.41, 5.74) is 2.56. The van der Waals surface area contributed by atoms with Crippen molar-refractivity contribution in [2.45, 2.75) is 38.5 Å². The van der Waals surface area contributed by atoms with Crippen molar-refractivity contribution in [1.82, 2.24) is 0 Å². The van der Waals surface area contributed by atoms with Crippen molar-refractivity contribution in [3.8, 4) is 11.8 Å². The van der Waals surface area contributed by atoms with Crippen LogP contribution >= 0.6 is 0 Å². The molecule has 0 bridgehead atoms. The normalized spacial score (nSPS) is 19.3. The van der Waals surface area contributed by atoms with Gasteiger partial charge in [-0.05, 0) is 90.8 Å². The molecule has 0 aliphatic heterocycles. The molecule has 0 heterocycles. The molecule has 0 saturated heterocycles. The Hall–Kier alpha value is -2.73. The molecule has 3 aromatic carbocycles. The van der Waals surface area contributed by atoms with Crippen molar-refractivity contribution in [1.29, 1.82) is 0 Å². The van der Waals surface area contributed by atoms with Gasteiger partial charge in [-0.2, -0.15) is 0 Å². The average molecular weight is 378 g/mol.